The lowest BCUT2D eigenvalue weighted by Crippen LogP contribution is -1.95. The van der Waals surface area contributed by atoms with Gasteiger partial charge in [-0.3, -0.25) is 4.79 Å². The number of carbonyl (C=O) groups is 1. The zero-order valence-corrected chi connectivity index (χ0v) is 12.4. The maximum Gasteiger partial charge on any atom is 0.185 e. The Morgan fingerprint density at radius 3 is 2.48 bits per heavy atom. The number of para-hydroxylation sites is 1. The van der Waals surface area contributed by atoms with Gasteiger partial charge in [0.05, 0.1) is 14.2 Å². The number of hydrogen-bond donors (Lipinski definition) is 0. The van der Waals surface area contributed by atoms with Crippen molar-refractivity contribution in [2.24, 2.45) is 0 Å². The highest BCUT2D eigenvalue weighted by molar-refractivity contribution is 6.07. The largest absolute Gasteiger partial charge is 0.493 e. The Kier molecular flexibility index (Phi) is 4.77. The molecule has 0 N–H and O–H groups in total. The van der Waals surface area contributed by atoms with Crippen molar-refractivity contribution in [2.75, 3.05) is 14.2 Å². The number of carbonyl (C=O) groups excluding carboxylic acids is 1. The Morgan fingerprint density at radius 2 is 1.81 bits per heavy atom. The van der Waals surface area contributed by atoms with Crippen LogP contribution in [0.4, 0.5) is 0 Å². The normalized spacial score (nSPS) is 10.6. The molecule has 3 heteroatoms. The zero-order valence-electron chi connectivity index (χ0n) is 12.4. The number of ether oxygens (including phenoxy) is 2. The number of benzene rings is 2. The highest BCUT2D eigenvalue weighted by atomic mass is 16.5. The minimum atomic E-state index is -0.0384. The Morgan fingerprint density at radius 1 is 1.05 bits per heavy atom. The third kappa shape index (κ3) is 3.51. The van der Waals surface area contributed by atoms with Crippen LogP contribution in [0.3, 0.4) is 0 Å². The first-order chi connectivity index (χ1) is 10.2. The summed E-state index contributed by atoms with van der Waals surface area (Å²) < 4.78 is 10.6. The van der Waals surface area contributed by atoms with E-state index in [2.05, 4.69) is 0 Å². The molecule has 0 aliphatic rings. The van der Waals surface area contributed by atoms with Gasteiger partial charge in [-0.1, -0.05) is 35.9 Å². The summed E-state index contributed by atoms with van der Waals surface area (Å²) in [5, 5.41) is 0. The predicted octanol–water partition coefficient (Wildman–Crippen LogP) is 3.91. The molecule has 2 rings (SSSR count). The highest BCUT2D eigenvalue weighted by Gasteiger charge is 2.08. The van der Waals surface area contributed by atoms with Crippen LogP contribution in [0, 0.1) is 6.92 Å². The monoisotopic (exact) mass is 282 g/mol. The van der Waals surface area contributed by atoms with E-state index in [1.807, 2.05) is 49.4 Å². The smallest absolute Gasteiger partial charge is 0.185 e. The second-order valence-electron chi connectivity index (χ2n) is 4.65. The standard InChI is InChI=1S/C18H18O3/c1-13-6-4-8-15(12-13)16(19)11-10-14-7-5-9-17(20-2)18(14)21-3/h4-12H,1-3H3/b11-10+. The molecule has 0 amide bonds. The van der Waals surface area contributed by atoms with Gasteiger partial charge in [-0.2, -0.15) is 0 Å². The summed E-state index contributed by atoms with van der Waals surface area (Å²) in [6.45, 7) is 1.96. The number of ketones is 1. The SMILES string of the molecule is COc1cccc(/C=C/C(=O)c2cccc(C)c2)c1OC. The minimum absolute atomic E-state index is 0.0384. The third-order valence-electron chi connectivity index (χ3n) is 3.15. The zero-order chi connectivity index (χ0) is 15.2. The van der Waals surface area contributed by atoms with Crippen molar-refractivity contribution in [3.63, 3.8) is 0 Å². The first-order valence-corrected chi connectivity index (χ1v) is 6.65. The van der Waals surface area contributed by atoms with Crippen molar-refractivity contribution in [1.29, 1.82) is 0 Å². The molecular weight excluding hydrogens is 264 g/mol. The van der Waals surface area contributed by atoms with Crippen molar-refractivity contribution >= 4 is 11.9 Å². The first-order valence-electron chi connectivity index (χ1n) is 6.65. The van der Waals surface area contributed by atoms with E-state index >= 15 is 0 Å². The van der Waals surface area contributed by atoms with Crippen LogP contribution in [-0.2, 0) is 0 Å². The Balaban J connectivity index is 2.27. The lowest BCUT2D eigenvalue weighted by atomic mass is 10.1. The number of rotatable bonds is 5. The van der Waals surface area contributed by atoms with Gasteiger partial charge in [0.15, 0.2) is 17.3 Å². The molecule has 0 aliphatic carbocycles. The fourth-order valence-corrected chi connectivity index (χ4v) is 2.10. The highest BCUT2D eigenvalue weighted by Crippen LogP contribution is 2.31. The van der Waals surface area contributed by atoms with Crippen molar-refractivity contribution < 1.29 is 14.3 Å². The van der Waals surface area contributed by atoms with Crippen LogP contribution in [0.1, 0.15) is 21.5 Å². The van der Waals surface area contributed by atoms with Crippen LogP contribution in [0.5, 0.6) is 11.5 Å². The fraction of sp³-hybridized carbons (Fsp3) is 0.167. The molecule has 0 atom stereocenters. The first kappa shape index (κ1) is 14.9. The van der Waals surface area contributed by atoms with Gasteiger partial charge in [-0.05, 0) is 31.2 Å². The molecule has 0 aliphatic heterocycles. The molecule has 0 spiro atoms. The second-order valence-corrected chi connectivity index (χ2v) is 4.65. The number of hydrogen-bond acceptors (Lipinski definition) is 3. The lowest BCUT2D eigenvalue weighted by Gasteiger charge is -2.09. The molecule has 2 aromatic carbocycles. The van der Waals surface area contributed by atoms with E-state index in [-0.39, 0.29) is 5.78 Å². The van der Waals surface area contributed by atoms with Gasteiger partial charge < -0.3 is 9.47 Å². The fourth-order valence-electron chi connectivity index (χ4n) is 2.10. The lowest BCUT2D eigenvalue weighted by molar-refractivity contribution is 0.104. The molecule has 108 valence electrons. The van der Waals surface area contributed by atoms with E-state index in [4.69, 9.17) is 9.47 Å². The van der Waals surface area contributed by atoms with Gasteiger partial charge in [0.1, 0.15) is 0 Å². The van der Waals surface area contributed by atoms with Crippen molar-refractivity contribution in [3.05, 3.63) is 65.2 Å². The Hall–Kier alpha value is -2.55. The average molecular weight is 282 g/mol. The van der Waals surface area contributed by atoms with Gasteiger partial charge in [-0.15, -0.1) is 0 Å². The van der Waals surface area contributed by atoms with Crippen LogP contribution >= 0.6 is 0 Å². The van der Waals surface area contributed by atoms with Gasteiger partial charge in [-0.25, -0.2) is 0 Å². The van der Waals surface area contributed by atoms with Gasteiger partial charge in [0.2, 0.25) is 0 Å². The summed E-state index contributed by atoms with van der Waals surface area (Å²) in [6, 6.07) is 13.1. The second kappa shape index (κ2) is 6.75. The number of allylic oxidation sites excluding steroid dienone is 1. The molecule has 0 fully saturated rings. The summed E-state index contributed by atoms with van der Waals surface area (Å²) >= 11 is 0. The van der Waals surface area contributed by atoms with Crippen molar-refractivity contribution in [3.8, 4) is 11.5 Å². The van der Waals surface area contributed by atoms with Crippen molar-refractivity contribution in [1.82, 2.24) is 0 Å². The number of methoxy groups -OCH3 is 2. The molecule has 0 bridgehead atoms. The minimum Gasteiger partial charge on any atom is -0.493 e. The maximum absolute atomic E-state index is 12.2. The predicted molar refractivity (Wildman–Crippen MR) is 84.1 cm³/mol. The average Bonchev–Trinajstić information content (AvgIpc) is 2.51. The van der Waals surface area contributed by atoms with Crippen LogP contribution in [-0.4, -0.2) is 20.0 Å². The molecule has 0 aromatic heterocycles. The molecule has 2 aromatic rings. The van der Waals surface area contributed by atoms with Gasteiger partial charge in [0.25, 0.3) is 0 Å². The quantitative estimate of drug-likeness (QED) is 0.616. The van der Waals surface area contributed by atoms with E-state index in [0.717, 1.165) is 11.1 Å². The summed E-state index contributed by atoms with van der Waals surface area (Å²) in [4.78, 5) is 12.2. The van der Waals surface area contributed by atoms with E-state index < -0.39 is 0 Å². The van der Waals surface area contributed by atoms with Crippen LogP contribution in [0.2, 0.25) is 0 Å². The summed E-state index contributed by atoms with van der Waals surface area (Å²) in [5.41, 5.74) is 2.54. The van der Waals surface area contributed by atoms with E-state index in [1.54, 1.807) is 26.4 Å². The topological polar surface area (TPSA) is 35.5 Å². The van der Waals surface area contributed by atoms with E-state index in [0.29, 0.717) is 17.1 Å². The molecule has 21 heavy (non-hydrogen) atoms. The summed E-state index contributed by atoms with van der Waals surface area (Å²) in [5.74, 6) is 1.22. The Labute approximate surface area is 124 Å². The maximum atomic E-state index is 12.2. The van der Waals surface area contributed by atoms with Gasteiger partial charge in [0, 0.05) is 11.1 Å². The molecule has 3 nitrogen and oxygen atoms in total. The summed E-state index contributed by atoms with van der Waals surface area (Å²) in [6.07, 6.45) is 3.29. The van der Waals surface area contributed by atoms with Crippen LogP contribution in [0.25, 0.3) is 6.08 Å². The molecule has 0 radical (unpaired) electrons. The van der Waals surface area contributed by atoms with Crippen LogP contribution in [0.15, 0.2) is 48.5 Å². The Bertz CT molecular complexity index is 672. The molecular formula is C18H18O3. The third-order valence-corrected chi connectivity index (χ3v) is 3.15. The van der Waals surface area contributed by atoms with Crippen LogP contribution < -0.4 is 9.47 Å². The molecule has 0 saturated heterocycles. The number of aryl methyl sites for hydroxylation is 1. The molecule has 0 heterocycles. The van der Waals surface area contributed by atoms with Gasteiger partial charge >= 0.3 is 0 Å². The van der Waals surface area contributed by atoms with E-state index in [9.17, 15) is 4.79 Å². The molecule has 0 saturated carbocycles. The van der Waals surface area contributed by atoms with Crippen molar-refractivity contribution in [2.45, 2.75) is 6.92 Å². The summed E-state index contributed by atoms with van der Waals surface area (Å²) in [7, 11) is 3.17. The van der Waals surface area contributed by atoms with E-state index in [1.165, 1.54) is 0 Å². The molecule has 0 unspecified atom stereocenters.